The van der Waals surface area contributed by atoms with E-state index < -0.39 is 11.9 Å². The largest absolute Gasteiger partial charge is 0.481 e. The second-order valence-corrected chi connectivity index (χ2v) is 5.56. The van der Waals surface area contributed by atoms with Crippen LogP contribution >= 0.6 is 0 Å². The Kier molecular flexibility index (Phi) is 7.87. The summed E-state index contributed by atoms with van der Waals surface area (Å²) in [6.07, 6.45) is 3.17. The lowest BCUT2D eigenvalue weighted by atomic mass is 10.2. The van der Waals surface area contributed by atoms with Crippen molar-refractivity contribution in [1.82, 2.24) is 20.4 Å². The minimum atomic E-state index is -0.859. The molecule has 10 heteroatoms. The molecule has 4 rings (SSSR count). The van der Waals surface area contributed by atoms with Gasteiger partial charge in [-0.25, -0.2) is 4.79 Å². The Bertz CT molecular complexity index is 1040. The molecular formula is C19H18N4O6. The first kappa shape index (κ1) is 21.1. The summed E-state index contributed by atoms with van der Waals surface area (Å²) in [6.45, 7) is 0. The van der Waals surface area contributed by atoms with Gasteiger partial charge in [-0.3, -0.25) is 19.8 Å². The summed E-state index contributed by atoms with van der Waals surface area (Å²) in [7, 11) is 0. The smallest absolute Gasteiger partial charge is 0.336 e. The number of carboxylic acids is 2. The van der Waals surface area contributed by atoms with E-state index in [-0.39, 0.29) is 18.5 Å². The number of carboxylic acid groups (broad SMARTS) is 2. The molecule has 0 bridgehead atoms. The van der Waals surface area contributed by atoms with E-state index in [4.69, 9.17) is 14.6 Å². The number of fused-ring (bicyclic) bond motifs is 1. The van der Waals surface area contributed by atoms with Crippen LogP contribution < -0.4 is 5.63 Å². The van der Waals surface area contributed by atoms with Crippen LogP contribution in [0.1, 0.15) is 11.4 Å². The summed E-state index contributed by atoms with van der Waals surface area (Å²) in [6, 6.07) is 13.9. The molecule has 0 aliphatic heterocycles. The average molecular weight is 398 g/mol. The third kappa shape index (κ3) is 7.91. The zero-order valence-electron chi connectivity index (χ0n) is 15.1. The molecular weight excluding hydrogens is 380 g/mol. The second-order valence-electron chi connectivity index (χ2n) is 5.56. The van der Waals surface area contributed by atoms with E-state index in [1.165, 1.54) is 6.07 Å². The maximum Gasteiger partial charge on any atom is 0.336 e. The molecule has 0 radical (unpaired) electrons. The fraction of sp³-hybridized carbons (Fsp3) is 0.105. The van der Waals surface area contributed by atoms with Crippen LogP contribution in [-0.2, 0) is 22.4 Å². The summed E-state index contributed by atoms with van der Waals surface area (Å²) in [5.74, 6) is -1.72. The minimum absolute atomic E-state index is 0.0104. The van der Waals surface area contributed by atoms with E-state index in [2.05, 4.69) is 20.4 Å². The molecule has 10 nitrogen and oxygen atoms in total. The van der Waals surface area contributed by atoms with E-state index in [1.54, 1.807) is 36.7 Å². The van der Waals surface area contributed by atoms with Crippen molar-refractivity contribution in [2.75, 3.05) is 0 Å². The SMILES string of the molecule is O=C(O)Cc1cc[nH]n1.O=C(O)Cc1cc[nH]n1.O=c1ccc2ccccc2o1. The van der Waals surface area contributed by atoms with Gasteiger partial charge >= 0.3 is 17.6 Å². The number of carbonyl (C=O) groups is 2. The van der Waals surface area contributed by atoms with Crippen LogP contribution in [0.3, 0.4) is 0 Å². The number of aliphatic carboxylic acids is 2. The molecule has 0 fully saturated rings. The highest BCUT2D eigenvalue weighted by atomic mass is 16.4. The van der Waals surface area contributed by atoms with Crippen LogP contribution in [0.2, 0.25) is 0 Å². The fourth-order valence-corrected chi connectivity index (χ4v) is 2.10. The summed E-state index contributed by atoms with van der Waals surface area (Å²) in [4.78, 5) is 30.7. The Labute approximate surface area is 163 Å². The molecule has 0 spiro atoms. The van der Waals surface area contributed by atoms with Gasteiger partial charge in [0.2, 0.25) is 0 Å². The normalized spacial score (nSPS) is 9.66. The van der Waals surface area contributed by atoms with Crippen molar-refractivity contribution < 1.29 is 24.2 Å². The Morgan fingerprint density at radius 3 is 1.86 bits per heavy atom. The topological polar surface area (TPSA) is 162 Å². The van der Waals surface area contributed by atoms with Crippen molar-refractivity contribution in [2.45, 2.75) is 12.8 Å². The van der Waals surface area contributed by atoms with Crippen LogP contribution in [0, 0.1) is 0 Å². The van der Waals surface area contributed by atoms with Gasteiger partial charge in [0, 0.05) is 23.8 Å². The van der Waals surface area contributed by atoms with Gasteiger partial charge < -0.3 is 14.6 Å². The highest BCUT2D eigenvalue weighted by Gasteiger charge is 2.00. The standard InChI is InChI=1S/C9H6O2.2C5H6N2O2/c10-9-6-5-7-3-1-2-4-8(7)11-9;2*8-5(9)3-4-1-2-6-7-4/h1-6H;2*1-2H,3H2,(H,6,7)(H,8,9). The molecule has 0 unspecified atom stereocenters. The van der Waals surface area contributed by atoms with Gasteiger partial charge in [-0.1, -0.05) is 18.2 Å². The Morgan fingerprint density at radius 2 is 1.38 bits per heavy atom. The number of benzene rings is 1. The first-order valence-corrected chi connectivity index (χ1v) is 8.34. The number of nitrogens with one attached hydrogen (secondary N) is 2. The maximum absolute atomic E-state index is 10.7. The second kappa shape index (κ2) is 10.8. The Morgan fingerprint density at radius 1 is 0.828 bits per heavy atom. The van der Waals surface area contributed by atoms with Crippen molar-refractivity contribution in [3.63, 3.8) is 0 Å². The third-order valence-electron chi connectivity index (χ3n) is 3.31. The monoisotopic (exact) mass is 398 g/mol. The molecule has 0 atom stereocenters. The van der Waals surface area contributed by atoms with Crippen LogP contribution in [-0.4, -0.2) is 42.5 Å². The van der Waals surface area contributed by atoms with Crippen LogP contribution in [0.5, 0.6) is 0 Å². The molecule has 0 amide bonds. The third-order valence-corrected chi connectivity index (χ3v) is 3.31. The first-order valence-electron chi connectivity index (χ1n) is 8.34. The van der Waals surface area contributed by atoms with E-state index in [9.17, 15) is 14.4 Å². The van der Waals surface area contributed by atoms with Crippen LogP contribution in [0.25, 0.3) is 11.0 Å². The molecule has 0 aliphatic rings. The zero-order valence-corrected chi connectivity index (χ0v) is 15.1. The number of aromatic amines is 2. The number of aromatic nitrogens is 4. The molecule has 29 heavy (non-hydrogen) atoms. The number of para-hydroxylation sites is 1. The average Bonchev–Trinajstić information content (AvgIpc) is 3.36. The predicted octanol–water partition coefficient (Wildman–Crippen LogP) is 1.87. The molecule has 3 aromatic heterocycles. The van der Waals surface area contributed by atoms with Gasteiger partial charge in [0.05, 0.1) is 24.2 Å². The summed E-state index contributed by atoms with van der Waals surface area (Å²) in [5, 5.41) is 29.8. The Hall–Kier alpha value is -4.21. The van der Waals surface area contributed by atoms with Gasteiger partial charge in [0.15, 0.2) is 0 Å². The lowest BCUT2D eigenvalue weighted by Gasteiger charge is -1.91. The fourth-order valence-electron chi connectivity index (χ4n) is 2.10. The van der Waals surface area contributed by atoms with Crippen LogP contribution in [0.4, 0.5) is 0 Å². The van der Waals surface area contributed by atoms with Gasteiger partial charge in [-0.2, -0.15) is 10.2 Å². The van der Waals surface area contributed by atoms with Gasteiger partial charge in [-0.05, 0) is 24.3 Å². The van der Waals surface area contributed by atoms with Crippen molar-refractivity contribution in [2.24, 2.45) is 0 Å². The highest BCUT2D eigenvalue weighted by Crippen LogP contribution is 2.08. The van der Waals surface area contributed by atoms with Crippen LogP contribution in [0.15, 0.2) is 70.1 Å². The summed E-state index contributed by atoms with van der Waals surface area (Å²) < 4.78 is 4.91. The van der Waals surface area contributed by atoms with E-state index >= 15 is 0 Å². The van der Waals surface area contributed by atoms with E-state index in [1.807, 2.05) is 18.2 Å². The van der Waals surface area contributed by atoms with Gasteiger partial charge in [0.25, 0.3) is 0 Å². The van der Waals surface area contributed by atoms with Crippen molar-refractivity contribution in [3.8, 4) is 0 Å². The van der Waals surface area contributed by atoms with Crippen molar-refractivity contribution >= 4 is 22.9 Å². The molecule has 0 aliphatic carbocycles. The molecule has 4 aromatic rings. The highest BCUT2D eigenvalue weighted by molar-refractivity contribution is 5.75. The predicted molar refractivity (Wildman–Crippen MR) is 102 cm³/mol. The van der Waals surface area contributed by atoms with Gasteiger partial charge in [0.1, 0.15) is 5.58 Å². The lowest BCUT2D eigenvalue weighted by molar-refractivity contribution is -0.137. The molecule has 1 aromatic carbocycles. The van der Waals surface area contributed by atoms with E-state index in [0.717, 1.165) is 5.39 Å². The lowest BCUT2D eigenvalue weighted by Crippen LogP contribution is -1.99. The molecule has 150 valence electrons. The van der Waals surface area contributed by atoms with E-state index in [0.29, 0.717) is 17.0 Å². The summed E-state index contributed by atoms with van der Waals surface area (Å²) >= 11 is 0. The number of hydrogen-bond donors (Lipinski definition) is 4. The molecule has 0 saturated carbocycles. The number of hydrogen-bond acceptors (Lipinski definition) is 6. The van der Waals surface area contributed by atoms with Crippen molar-refractivity contribution in [1.29, 1.82) is 0 Å². The molecule has 0 saturated heterocycles. The van der Waals surface area contributed by atoms with Gasteiger partial charge in [-0.15, -0.1) is 0 Å². The Balaban J connectivity index is 0.000000157. The quantitative estimate of drug-likeness (QED) is 0.379. The van der Waals surface area contributed by atoms with Crippen molar-refractivity contribution in [3.05, 3.63) is 82.7 Å². The minimum Gasteiger partial charge on any atom is -0.481 e. The molecule has 4 N–H and O–H groups in total. The number of H-pyrrole nitrogens is 2. The molecule has 3 heterocycles. The summed E-state index contributed by atoms with van der Waals surface area (Å²) in [5.41, 5.74) is 1.45. The first-order chi connectivity index (χ1) is 13.9. The number of rotatable bonds is 4. The maximum atomic E-state index is 10.7. The number of nitrogens with zero attached hydrogens (tertiary/aromatic N) is 2. The zero-order chi connectivity index (χ0) is 21.1.